The van der Waals surface area contributed by atoms with E-state index in [4.69, 9.17) is 5.11 Å². The lowest BCUT2D eigenvalue weighted by atomic mass is 9.95. The van der Waals surface area contributed by atoms with Crippen LogP contribution in [0.2, 0.25) is 0 Å². The maximum Gasteiger partial charge on any atom is 0.328 e. The molecule has 1 fully saturated rings. The zero-order valence-electron chi connectivity index (χ0n) is 22.4. The summed E-state index contributed by atoms with van der Waals surface area (Å²) < 4.78 is 0. The number of piperidine rings is 1. The van der Waals surface area contributed by atoms with Gasteiger partial charge in [-0.2, -0.15) is 0 Å². The summed E-state index contributed by atoms with van der Waals surface area (Å²) in [4.78, 5) is 52.2. The smallest absolute Gasteiger partial charge is 0.328 e. The Bertz CT molecular complexity index is 1170. The number of rotatable bonds is 11. The first-order valence-corrected chi connectivity index (χ1v) is 13.1. The van der Waals surface area contributed by atoms with E-state index in [1.54, 1.807) is 4.90 Å². The van der Waals surface area contributed by atoms with Gasteiger partial charge in [-0.25, -0.2) is 4.79 Å². The van der Waals surface area contributed by atoms with E-state index in [1.807, 2.05) is 19.9 Å². The largest absolute Gasteiger partial charge is 0.478 e. The average molecular weight is 523 g/mol. The highest BCUT2D eigenvalue weighted by molar-refractivity contribution is 5.89. The van der Waals surface area contributed by atoms with Crippen LogP contribution in [-0.4, -0.2) is 77.4 Å². The minimum absolute atomic E-state index is 0.0503. The Morgan fingerprint density at radius 1 is 1.00 bits per heavy atom. The van der Waals surface area contributed by atoms with Crippen LogP contribution in [0.3, 0.4) is 0 Å². The second-order valence-electron chi connectivity index (χ2n) is 9.95. The first-order valence-electron chi connectivity index (χ1n) is 13.1. The molecule has 0 spiro atoms. The third-order valence-corrected chi connectivity index (χ3v) is 6.98. The van der Waals surface area contributed by atoms with E-state index in [0.29, 0.717) is 0 Å². The molecule has 1 atom stereocenters. The van der Waals surface area contributed by atoms with Crippen molar-refractivity contribution in [2.75, 3.05) is 32.7 Å². The van der Waals surface area contributed by atoms with Crippen LogP contribution >= 0.6 is 0 Å². The monoisotopic (exact) mass is 522 g/mol. The second-order valence-corrected chi connectivity index (χ2v) is 9.95. The van der Waals surface area contributed by atoms with Gasteiger partial charge in [0.2, 0.25) is 17.7 Å². The zero-order valence-corrected chi connectivity index (χ0v) is 22.4. The van der Waals surface area contributed by atoms with Crippen molar-refractivity contribution in [3.63, 3.8) is 0 Å². The summed E-state index contributed by atoms with van der Waals surface area (Å²) in [5, 5.41) is 16.1. The highest BCUT2D eigenvalue weighted by Gasteiger charge is 2.32. The highest BCUT2D eigenvalue weighted by Crippen LogP contribution is 2.31. The molecule has 38 heavy (non-hydrogen) atoms. The van der Waals surface area contributed by atoms with Gasteiger partial charge in [0.15, 0.2) is 0 Å². The van der Waals surface area contributed by atoms with Crippen LogP contribution in [0, 0.1) is 5.92 Å². The Labute approximate surface area is 223 Å². The number of carbonyl (C=O) groups is 4. The molecule has 1 heterocycles. The van der Waals surface area contributed by atoms with Crippen molar-refractivity contribution in [2.45, 2.75) is 45.7 Å². The predicted octanol–water partition coefficient (Wildman–Crippen LogP) is 2.72. The van der Waals surface area contributed by atoms with Crippen molar-refractivity contribution in [1.82, 2.24) is 20.4 Å². The number of fused-ring (bicyclic) bond motifs is 1. The fourth-order valence-electron chi connectivity index (χ4n) is 4.90. The molecule has 3 amide bonds. The van der Waals surface area contributed by atoms with Crippen molar-refractivity contribution >= 4 is 34.5 Å². The van der Waals surface area contributed by atoms with Gasteiger partial charge in [-0.3, -0.25) is 19.3 Å². The van der Waals surface area contributed by atoms with Gasteiger partial charge >= 0.3 is 5.97 Å². The Hall–Kier alpha value is -3.72. The molecule has 0 aromatic heterocycles. The number of nitrogens with one attached hydrogen (secondary N) is 2. The van der Waals surface area contributed by atoms with E-state index in [1.165, 1.54) is 22.4 Å². The van der Waals surface area contributed by atoms with Crippen LogP contribution in [0.5, 0.6) is 0 Å². The highest BCUT2D eigenvalue weighted by atomic mass is 16.4. The minimum Gasteiger partial charge on any atom is -0.478 e. The maximum absolute atomic E-state index is 13.0. The van der Waals surface area contributed by atoms with Crippen molar-refractivity contribution in [3.8, 4) is 0 Å². The summed E-state index contributed by atoms with van der Waals surface area (Å²) in [6.07, 6.45) is 3.76. The van der Waals surface area contributed by atoms with E-state index >= 15 is 0 Å². The maximum atomic E-state index is 13.0. The van der Waals surface area contributed by atoms with E-state index in [2.05, 4.69) is 58.9 Å². The van der Waals surface area contributed by atoms with Gasteiger partial charge in [-0.1, -0.05) is 62.4 Å². The molecule has 9 nitrogen and oxygen atoms in total. The third kappa shape index (κ3) is 7.89. The number of likely N-dealkylation sites (tertiary alicyclic amines) is 1. The normalized spacial score (nSPS) is 15.5. The molecular formula is C29H38N4O5. The summed E-state index contributed by atoms with van der Waals surface area (Å²) in [7, 11) is 0. The number of aliphatic carboxylic acids is 1. The molecule has 0 bridgehead atoms. The number of benzene rings is 2. The molecule has 3 N–H and O–H groups in total. The molecule has 204 valence electrons. The number of amides is 3. The number of nitrogens with zero attached hydrogens (tertiary/aromatic N) is 2. The lowest BCUT2D eigenvalue weighted by Gasteiger charge is -2.41. The SMILES string of the molecule is CC(C)C(=O)N(CC(=O)NCC(=O)NC/C=C/C(=O)O)C1CCN([C@H](C)c2cccc3ccccc23)CC1. The van der Waals surface area contributed by atoms with Crippen molar-refractivity contribution < 1.29 is 24.3 Å². The van der Waals surface area contributed by atoms with E-state index in [9.17, 15) is 19.2 Å². The number of carbonyl (C=O) groups excluding carboxylic acids is 3. The predicted molar refractivity (Wildman–Crippen MR) is 146 cm³/mol. The third-order valence-electron chi connectivity index (χ3n) is 6.98. The fraction of sp³-hybridized carbons (Fsp3) is 0.448. The average Bonchev–Trinajstić information content (AvgIpc) is 2.91. The number of hydrogen-bond acceptors (Lipinski definition) is 5. The lowest BCUT2D eigenvalue weighted by Crippen LogP contribution is -2.52. The molecule has 9 heteroatoms. The van der Waals surface area contributed by atoms with Crippen LogP contribution in [-0.2, 0) is 19.2 Å². The van der Waals surface area contributed by atoms with Crippen molar-refractivity contribution in [1.29, 1.82) is 0 Å². The lowest BCUT2D eigenvalue weighted by molar-refractivity contribution is -0.142. The van der Waals surface area contributed by atoms with E-state index in [-0.39, 0.29) is 43.5 Å². The number of carboxylic acids is 1. The number of hydrogen-bond donors (Lipinski definition) is 3. The van der Waals surface area contributed by atoms with Crippen LogP contribution in [0.15, 0.2) is 54.6 Å². The standard InChI is InChI=1S/C29H38N4O5/c1-20(2)29(38)33(19-27(35)31-18-26(34)30-15-7-12-28(36)37)23-13-16-32(17-14-23)21(3)24-11-6-9-22-8-4-5-10-25(22)24/h4-12,20-21,23H,13-19H2,1-3H3,(H,30,34)(H,31,35)(H,36,37)/b12-7+/t21-/m1/s1. The molecule has 1 saturated heterocycles. The van der Waals surface area contributed by atoms with Gasteiger partial charge in [0, 0.05) is 43.7 Å². The number of carboxylic acid groups (broad SMARTS) is 1. The summed E-state index contributed by atoms with van der Waals surface area (Å²) >= 11 is 0. The van der Waals surface area contributed by atoms with Crippen LogP contribution < -0.4 is 10.6 Å². The molecule has 0 aliphatic carbocycles. The van der Waals surface area contributed by atoms with Crippen molar-refractivity contribution in [2.24, 2.45) is 5.92 Å². The molecule has 0 saturated carbocycles. The quantitative estimate of drug-likeness (QED) is 0.391. The van der Waals surface area contributed by atoms with Crippen molar-refractivity contribution in [3.05, 3.63) is 60.2 Å². The molecule has 1 aliphatic heterocycles. The van der Waals surface area contributed by atoms with Crippen LogP contribution in [0.4, 0.5) is 0 Å². The molecule has 0 unspecified atom stereocenters. The topological polar surface area (TPSA) is 119 Å². The van der Waals surface area contributed by atoms with Gasteiger partial charge in [0.25, 0.3) is 0 Å². The first kappa shape index (κ1) is 28.8. The Morgan fingerprint density at radius 2 is 1.68 bits per heavy atom. The van der Waals surface area contributed by atoms with Gasteiger partial charge < -0.3 is 20.6 Å². The van der Waals surface area contributed by atoms with Gasteiger partial charge in [0.1, 0.15) is 0 Å². The summed E-state index contributed by atoms with van der Waals surface area (Å²) in [6, 6.07) is 15.0. The summed E-state index contributed by atoms with van der Waals surface area (Å²) in [6.45, 7) is 7.18. The Morgan fingerprint density at radius 3 is 2.37 bits per heavy atom. The van der Waals surface area contributed by atoms with Crippen LogP contribution in [0.1, 0.15) is 45.2 Å². The van der Waals surface area contributed by atoms with Gasteiger partial charge in [-0.15, -0.1) is 0 Å². The van der Waals surface area contributed by atoms with Crippen LogP contribution in [0.25, 0.3) is 10.8 Å². The molecular weight excluding hydrogens is 484 g/mol. The fourth-order valence-corrected chi connectivity index (χ4v) is 4.90. The molecule has 1 aliphatic rings. The van der Waals surface area contributed by atoms with E-state index in [0.717, 1.165) is 32.0 Å². The molecule has 3 rings (SSSR count). The first-order chi connectivity index (χ1) is 18.2. The molecule has 2 aromatic carbocycles. The second kappa shape index (κ2) is 13.7. The Balaban J connectivity index is 1.56. The molecule has 0 radical (unpaired) electrons. The summed E-state index contributed by atoms with van der Waals surface area (Å²) in [5.74, 6) is -2.27. The van der Waals surface area contributed by atoms with Gasteiger partial charge in [0.05, 0.1) is 13.1 Å². The zero-order chi connectivity index (χ0) is 27.7. The van der Waals surface area contributed by atoms with Gasteiger partial charge in [-0.05, 0) is 36.1 Å². The Kier molecular flexibility index (Phi) is 10.4. The minimum atomic E-state index is -1.10. The summed E-state index contributed by atoms with van der Waals surface area (Å²) in [5.41, 5.74) is 1.28. The molecule has 2 aromatic rings. The van der Waals surface area contributed by atoms with E-state index < -0.39 is 17.8 Å².